The maximum absolute atomic E-state index is 12.6. The van der Waals surface area contributed by atoms with E-state index in [1.807, 2.05) is 39.0 Å². The molecule has 2 aliphatic rings. The Labute approximate surface area is 147 Å². The lowest BCUT2D eigenvalue weighted by Gasteiger charge is -2.13. The van der Waals surface area contributed by atoms with Gasteiger partial charge in [0.1, 0.15) is 10.6 Å². The van der Waals surface area contributed by atoms with Crippen LogP contribution in [0.15, 0.2) is 40.9 Å². The van der Waals surface area contributed by atoms with Crippen molar-refractivity contribution in [1.29, 1.82) is 0 Å². The lowest BCUT2D eigenvalue weighted by atomic mass is 10.1. The molecule has 1 aromatic carbocycles. The molecule has 0 saturated heterocycles. The van der Waals surface area contributed by atoms with Crippen molar-refractivity contribution in [3.63, 3.8) is 0 Å². The van der Waals surface area contributed by atoms with Crippen LogP contribution in [0.4, 0.5) is 0 Å². The van der Waals surface area contributed by atoms with E-state index in [1.54, 1.807) is 6.08 Å². The summed E-state index contributed by atoms with van der Waals surface area (Å²) in [6.07, 6.45) is 4.38. The molecule has 0 N–H and O–H groups in total. The monoisotopic (exact) mass is 350 g/mol. The zero-order valence-electron chi connectivity index (χ0n) is 13.5. The summed E-state index contributed by atoms with van der Waals surface area (Å²) in [5.41, 5.74) is 3.35. The largest absolute Gasteiger partial charge is 0.457 e. The average Bonchev–Trinajstić information content (AvgIpc) is 2.87. The fourth-order valence-corrected chi connectivity index (χ4v) is 3.93. The zero-order chi connectivity index (χ0) is 16.8. The van der Waals surface area contributed by atoms with Crippen LogP contribution in [-0.4, -0.2) is 5.97 Å². The maximum atomic E-state index is 12.6. The van der Waals surface area contributed by atoms with Crippen molar-refractivity contribution in [1.82, 2.24) is 0 Å². The van der Waals surface area contributed by atoms with Crippen LogP contribution in [0.1, 0.15) is 44.4 Å². The van der Waals surface area contributed by atoms with Crippen molar-refractivity contribution in [3.8, 4) is 0 Å². The Bertz CT molecular complexity index is 699. The molecule has 1 fully saturated rings. The summed E-state index contributed by atoms with van der Waals surface area (Å²) in [5.74, 6) is -0.308. The van der Waals surface area contributed by atoms with Crippen LogP contribution >= 0.6 is 23.2 Å². The van der Waals surface area contributed by atoms with Gasteiger partial charge >= 0.3 is 5.97 Å². The third-order valence-electron chi connectivity index (χ3n) is 5.14. The molecule has 1 saturated carbocycles. The number of ether oxygens (including phenoxy) is 1. The van der Waals surface area contributed by atoms with Crippen LogP contribution in [0.5, 0.6) is 0 Å². The lowest BCUT2D eigenvalue weighted by Crippen LogP contribution is -2.14. The minimum Gasteiger partial charge on any atom is -0.457 e. The highest BCUT2D eigenvalue weighted by atomic mass is 35.5. The highest BCUT2D eigenvalue weighted by Crippen LogP contribution is 2.60. The second-order valence-electron chi connectivity index (χ2n) is 6.81. The highest BCUT2D eigenvalue weighted by Gasteiger charge is 2.62. The smallest absolute Gasteiger partial charge is 0.310 e. The Morgan fingerprint density at radius 1 is 1.30 bits per heavy atom. The molecule has 0 aromatic heterocycles. The van der Waals surface area contributed by atoms with Crippen LogP contribution in [-0.2, 0) is 9.53 Å². The number of halogens is 2. The van der Waals surface area contributed by atoms with Gasteiger partial charge in [-0.05, 0) is 35.5 Å². The summed E-state index contributed by atoms with van der Waals surface area (Å²) in [6.45, 7) is 6.09. The summed E-state index contributed by atoms with van der Waals surface area (Å²) in [4.78, 5) is 12.6. The molecule has 0 heterocycles. The highest BCUT2D eigenvalue weighted by molar-refractivity contribution is 6.55. The summed E-state index contributed by atoms with van der Waals surface area (Å²) in [6, 6.07) is 8.12. The summed E-state index contributed by atoms with van der Waals surface area (Å²) in [7, 11) is 0. The summed E-state index contributed by atoms with van der Waals surface area (Å²) < 4.78 is 6.06. The van der Waals surface area contributed by atoms with Crippen molar-refractivity contribution in [2.75, 3.05) is 0 Å². The van der Waals surface area contributed by atoms with Crippen LogP contribution in [0.3, 0.4) is 0 Å². The molecule has 0 spiro atoms. The topological polar surface area (TPSA) is 26.3 Å². The fraction of sp³-hybridized carbons (Fsp3) is 0.421. The average molecular weight is 351 g/mol. The van der Waals surface area contributed by atoms with E-state index >= 15 is 0 Å². The van der Waals surface area contributed by atoms with E-state index in [4.69, 9.17) is 27.9 Å². The minimum absolute atomic E-state index is 0.0397. The zero-order valence-corrected chi connectivity index (χ0v) is 15.0. The van der Waals surface area contributed by atoms with Crippen LogP contribution < -0.4 is 0 Å². The van der Waals surface area contributed by atoms with Crippen LogP contribution in [0, 0.1) is 17.3 Å². The Balaban J connectivity index is 1.77. The Kier molecular flexibility index (Phi) is 4.33. The predicted molar refractivity (Wildman–Crippen MR) is 94.1 cm³/mol. The first-order chi connectivity index (χ1) is 10.9. The van der Waals surface area contributed by atoms with E-state index in [2.05, 4.69) is 12.1 Å². The van der Waals surface area contributed by atoms with Crippen LogP contribution in [0.25, 0.3) is 5.57 Å². The minimum atomic E-state index is -0.197. The molecule has 0 aliphatic heterocycles. The van der Waals surface area contributed by atoms with E-state index in [1.165, 1.54) is 11.1 Å². The third-order valence-corrected chi connectivity index (χ3v) is 5.39. The number of hydrogen-bond acceptors (Lipinski definition) is 2. The van der Waals surface area contributed by atoms with Gasteiger partial charge in [-0.2, -0.15) is 0 Å². The van der Waals surface area contributed by atoms with Gasteiger partial charge in [0.15, 0.2) is 0 Å². The Morgan fingerprint density at radius 2 is 2.00 bits per heavy atom. The first-order valence-electron chi connectivity index (χ1n) is 7.84. The van der Waals surface area contributed by atoms with Gasteiger partial charge in [-0.25, -0.2) is 0 Å². The Morgan fingerprint density at radius 3 is 2.65 bits per heavy atom. The predicted octanol–water partition coefficient (Wildman–Crippen LogP) is 5.67. The normalized spacial score (nSPS) is 29.1. The van der Waals surface area contributed by atoms with Gasteiger partial charge in [-0.1, -0.05) is 67.4 Å². The number of carbonyl (C=O) groups excluding carboxylic acids is 1. The van der Waals surface area contributed by atoms with E-state index in [0.717, 1.165) is 12.0 Å². The van der Waals surface area contributed by atoms with Crippen molar-refractivity contribution >= 4 is 34.7 Å². The molecule has 2 aliphatic carbocycles. The van der Waals surface area contributed by atoms with Gasteiger partial charge < -0.3 is 4.74 Å². The number of allylic oxidation sites excluding steroid dienone is 2. The van der Waals surface area contributed by atoms with Gasteiger partial charge in [0.05, 0.1) is 5.92 Å². The van der Waals surface area contributed by atoms with Gasteiger partial charge in [0.25, 0.3) is 0 Å². The van der Waals surface area contributed by atoms with Crippen molar-refractivity contribution in [2.45, 2.75) is 33.3 Å². The van der Waals surface area contributed by atoms with E-state index in [9.17, 15) is 4.79 Å². The number of benzene rings is 1. The van der Waals surface area contributed by atoms with Gasteiger partial charge in [0, 0.05) is 12.0 Å². The summed E-state index contributed by atoms with van der Waals surface area (Å²) in [5, 5.41) is 0. The first kappa shape index (κ1) is 16.6. The molecule has 1 aromatic rings. The van der Waals surface area contributed by atoms with Crippen LogP contribution in [0.2, 0.25) is 0 Å². The molecular weight excluding hydrogens is 331 g/mol. The number of fused-ring (bicyclic) bond motifs is 1. The SMILES string of the molecule is C/C=C1\CC(OC(=O)C2C(C=C(Cl)Cl)C2(C)C)c2ccccc21. The van der Waals surface area contributed by atoms with Gasteiger partial charge in [-0.15, -0.1) is 0 Å². The molecule has 4 heteroatoms. The number of esters is 1. The van der Waals surface area contributed by atoms with E-state index in [-0.39, 0.29) is 33.8 Å². The van der Waals surface area contributed by atoms with Crippen molar-refractivity contribution in [3.05, 3.63) is 52.0 Å². The van der Waals surface area contributed by atoms with Gasteiger partial charge in [-0.3, -0.25) is 4.79 Å². The number of hydrogen-bond donors (Lipinski definition) is 0. The lowest BCUT2D eigenvalue weighted by molar-refractivity contribution is -0.151. The van der Waals surface area contributed by atoms with Crippen molar-refractivity contribution in [2.24, 2.45) is 17.3 Å². The van der Waals surface area contributed by atoms with E-state index < -0.39 is 0 Å². The molecule has 0 radical (unpaired) electrons. The first-order valence-corrected chi connectivity index (χ1v) is 8.59. The van der Waals surface area contributed by atoms with Crippen molar-refractivity contribution < 1.29 is 9.53 Å². The quantitative estimate of drug-likeness (QED) is 0.656. The van der Waals surface area contributed by atoms with E-state index in [0.29, 0.717) is 0 Å². The molecule has 3 atom stereocenters. The molecule has 23 heavy (non-hydrogen) atoms. The molecule has 122 valence electrons. The molecule has 0 amide bonds. The molecule has 3 rings (SSSR count). The molecule has 0 bridgehead atoms. The fourth-order valence-electron chi connectivity index (χ4n) is 3.66. The Hall–Kier alpha value is -1.25. The standard InChI is InChI=1S/C19H20Cl2O2/c1-4-11-9-15(13-8-6-5-7-12(11)13)23-18(22)17-14(10-16(20)21)19(17,2)3/h4-8,10,14-15,17H,9H2,1-3H3/b11-4+. The van der Waals surface area contributed by atoms with Gasteiger partial charge in [0.2, 0.25) is 0 Å². The summed E-state index contributed by atoms with van der Waals surface area (Å²) >= 11 is 11.5. The second kappa shape index (κ2) is 5.99. The third kappa shape index (κ3) is 2.95. The maximum Gasteiger partial charge on any atom is 0.310 e. The molecule has 2 nitrogen and oxygen atoms in total. The number of carbonyl (C=O) groups is 1. The molecule has 3 unspecified atom stereocenters. The molecular formula is C19H20Cl2O2. The number of rotatable bonds is 3. The second-order valence-corrected chi connectivity index (χ2v) is 7.82.